The van der Waals surface area contributed by atoms with Gasteiger partial charge in [-0.2, -0.15) is 4.31 Å². The smallest absolute Gasteiger partial charge is 0.253 e. The zero-order valence-corrected chi connectivity index (χ0v) is 15.2. The fourth-order valence-corrected chi connectivity index (χ4v) is 4.11. The van der Waals surface area contributed by atoms with Gasteiger partial charge in [-0.15, -0.1) is 0 Å². The maximum Gasteiger partial charge on any atom is 0.253 e. The largest absolute Gasteiger partial charge is 0.379 e. The highest BCUT2D eigenvalue weighted by molar-refractivity contribution is 7.89. The van der Waals surface area contributed by atoms with Crippen molar-refractivity contribution in [3.8, 4) is 0 Å². The second-order valence-electron chi connectivity index (χ2n) is 5.78. The van der Waals surface area contributed by atoms with Crippen LogP contribution >= 0.6 is 0 Å². The molecule has 0 bridgehead atoms. The van der Waals surface area contributed by atoms with Crippen LogP contribution in [0.4, 0.5) is 0 Å². The minimum atomic E-state index is -3.58. The summed E-state index contributed by atoms with van der Waals surface area (Å²) >= 11 is 0. The van der Waals surface area contributed by atoms with Crippen molar-refractivity contribution < 1.29 is 17.9 Å². The van der Waals surface area contributed by atoms with Crippen LogP contribution in [0.25, 0.3) is 0 Å². The van der Waals surface area contributed by atoms with Gasteiger partial charge in [-0.1, -0.05) is 19.4 Å². The molecule has 0 unspecified atom stereocenters. The van der Waals surface area contributed by atoms with Crippen LogP contribution in [-0.4, -0.2) is 62.9 Å². The number of nitrogens with zero attached hydrogens (tertiary/aromatic N) is 2. The Labute approximate surface area is 144 Å². The lowest BCUT2D eigenvalue weighted by atomic mass is 10.2. The lowest BCUT2D eigenvalue weighted by molar-refractivity contribution is 0.0729. The van der Waals surface area contributed by atoms with Crippen molar-refractivity contribution in [2.75, 3.05) is 39.4 Å². The molecule has 0 atom stereocenters. The normalized spacial score (nSPS) is 16.1. The predicted molar refractivity (Wildman–Crippen MR) is 92.5 cm³/mol. The number of sulfonamides is 1. The molecule has 6 nitrogen and oxygen atoms in total. The molecule has 7 heteroatoms. The summed E-state index contributed by atoms with van der Waals surface area (Å²) in [5, 5.41) is 0. The predicted octanol–water partition coefficient (Wildman–Crippen LogP) is 1.97. The Hall–Kier alpha value is -1.44. The van der Waals surface area contributed by atoms with E-state index in [0.29, 0.717) is 45.0 Å². The number of morpholine rings is 1. The van der Waals surface area contributed by atoms with Gasteiger partial charge in [-0.05, 0) is 31.5 Å². The summed E-state index contributed by atoms with van der Waals surface area (Å²) in [5.41, 5.74) is 0.419. The van der Waals surface area contributed by atoms with Gasteiger partial charge >= 0.3 is 0 Å². The fraction of sp³-hybridized carbons (Fsp3) is 0.588. The Morgan fingerprint density at radius 3 is 2.58 bits per heavy atom. The summed E-state index contributed by atoms with van der Waals surface area (Å²) < 4.78 is 32.1. The molecule has 0 aromatic heterocycles. The highest BCUT2D eigenvalue weighted by Gasteiger charge is 2.27. The molecule has 1 saturated heterocycles. The highest BCUT2D eigenvalue weighted by atomic mass is 32.2. The number of carbonyl (C=O) groups excluding carboxylic acids is 1. The molecule has 1 aromatic carbocycles. The van der Waals surface area contributed by atoms with Crippen LogP contribution in [-0.2, 0) is 14.8 Å². The van der Waals surface area contributed by atoms with Crippen molar-refractivity contribution in [2.45, 2.75) is 31.6 Å². The van der Waals surface area contributed by atoms with Crippen LogP contribution < -0.4 is 0 Å². The van der Waals surface area contributed by atoms with Crippen LogP contribution in [0.2, 0.25) is 0 Å². The van der Waals surface area contributed by atoms with E-state index < -0.39 is 10.0 Å². The molecule has 1 aromatic rings. The Morgan fingerprint density at radius 1 is 1.25 bits per heavy atom. The topological polar surface area (TPSA) is 66.9 Å². The van der Waals surface area contributed by atoms with Crippen LogP contribution in [0.15, 0.2) is 29.2 Å². The third-order valence-corrected chi connectivity index (χ3v) is 6.03. The molecule has 0 N–H and O–H groups in total. The number of benzene rings is 1. The molecule has 0 saturated carbocycles. The summed E-state index contributed by atoms with van der Waals surface area (Å²) in [6, 6.07) is 6.34. The van der Waals surface area contributed by atoms with Gasteiger partial charge in [0.1, 0.15) is 0 Å². The van der Waals surface area contributed by atoms with E-state index in [1.165, 1.54) is 10.4 Å². The number of carbonyl (C=O) groups is 1. The third-order valence-electron chi connectivity index (χ3n) is 4.14. The lowest BCUT2D eigenvalue weighted by Gasteiger charge is -2.26. The zero-order valence-electron chi connectivity index (χ0n) is 14.4. The third kappa shape index (κ3) is 4.34. The van der Waals surface area contributed by atoms with E-state index >= 15 is 0 Å². The Bertz CT molecular complexity index is 654. The fourth-order valence-electron chi connectivity index (χ4n) is 2.66. The van der Waals surface area contributed by atoms with Crippen molar-refractivity contribution in [3.05, 3.63) is 29.8 Å². The van der Waals surface area contributed by atoms with E-state index in [2.05, 4.69) is 6.92 Å². The standard InChI is InChI=1S/C17H26N2O4S/c1-3-5-9-18(4-2)17(20)15-7-6-8-16(14-15)24(21,22)19-10-12-23-13-11-19/h6-8,14H,3-5,9-13H2,1-2H3. The van der Waals surface area contributed by atoms with Crippen molar-refractivity contribution in [1.82, 2.24) is 9.21 Å². The van der Waals surface area contributed by atoms with Crippen molar-refractivity contribution in [2.24, 2.45) is 0 Å². The van der Waals surface area contributed by atoms with E-state index in [9.17, 15) is 13.2 Å². The summed E-state index contributed by atoms with van der Waals surface area (Å²) in [4.78, 5) is 14.6. The van der Waals surface area contributed by atoms with Gasteiger partial charge in [0.25, 0.3) is 5.91 Å². The minimum Gasteiger partial charge on any atom is -0.379 e. The van der Waals surface area contributed by atoms with E-state index in [1.54, 1.807) is 23.1 Å². The van der Waals surface area contributed by atoms with E-state index in [0.717, 1.165) is 12.8 Å². The molecule has 1 aliphatic heterocycles. The Balaban J connectivity index is 2.22. The first-order valence-corrected chi connectivity index (χ1v) is 9.92. The molecule has 0 spiro atoms. The first kappa shape index (κ1) is 18.9. The molecule has 0 radical (unpaired) electrons. The van der Waals surface area contributed by atoms with Gasteiger partial charge in [0.05, 0.1) is 18.1 Å². The molecule has 1 aliphatic rings. The van der Waals surface area contributed by atoms with Gasteiger partial charge < -0.3 is 9.64 Å². The second kappa shape index (κ2) is 8.60. The number of hydrogen-bond acceptors (Lipinski definition) is 4. The summed E-state index contributed by atoms with van der Waals surface area (Å²) in [6.07, 6.45) is 1.95. The van der Waals surface area contributed by atoms with Crippen LogP contribution in [0.3, 0.4) is 0 Å². The number of ether oxygens (including phenoxy) is 1. The average Bonchev–Trinajstić information content (AvgIpc) is 2.63. The van der Waals surface area contributed by atoms with E-state index in [4.69, 9.17) is 4.74 Å². The van der Waals surface area contributed by atoms with Crippen LogP contribution in [0.5, 0.6) is 0 Å². The SMILES string of the molecule is CCCCN(CC)C(=O)c1cccc(S(=O)(=O)N2CCOCC2)c1. The van der Waals surface area contributed by atoms with Gasteiger partial charge in [-0.3, -0.25) is 4.79 Å². The van der Waals surface area contributed by atoms with Crippen molar-refractivity contribution >= 4 is 15.9 Å². The second-order valence-corrected chi connectivity index (χ2v) is 7.72. The molecule has 1 fully saturated rings. The Morgan fingerprint density at radius 2 is 1.96 bits per heavy atom. The van der Waals surface area contributed by atoms with Gasteiger partial charge in [-0.25, -0.2) is 8.42 Å². The molecule has 1 heterocycles. The Kier molecular flexibility index (Phi) is 6.77. The summed E-state index contributed by atoms with van der Waals surface area (Å²) in [7, 11) is -3.58. The molecular formula is C17H26N2O4S. The molecule has 0 aliphatic carbocycles. The highest BCUT2D eigenvalue weighted by Crippen LogP contribution is 2.19. The summed E-state index contributed by atoms with van der Waals surface area (Å²) in [5.74, 6) is -0.120. The number of amides is 1. The van der Waals surface area contributed by atoms with Crippen LogP contribution in [0, 0.1) is 0 Å². The van der Waals surface area contributed by atoms with Crippen molar-refractivity contribution in [1.29, 1.82) is 0 Å². The van der Waals surface area contributed by atoms with E-state index in [1.807, 2.05) is 6.92 Å². The first-order chi connectivity index (χ1) is 11.5. The number of unbranched alkanes of at least 4 members (excludes halogenated alkanes) is 1. The minimum absolute atomic E-state index is 0.120. The zero-order chi connectivity index (χ0) is 17.6. The first-order valence-electron chi connectivity index (χ1n) is 8.48. The van der Waals surface area contributed by atoms with E-state index in [-0.39, 0.29) is 10.8 Å². The quantitative estimate of drug-likeness (QED) is 0.751. The molecule has 24 heavy (non-hydrogen) atoms. The number of rotatable bonds is 7. The average molecular weight is 354 g/mol. The van der Waals surface area contributed by atoms with Gasteiger partial charge in [0.15, 0.2) is 0 Å². The summed E-state index contributed by atoms with van der Waals surface area (Å²) in [6.45, 7) is 6.80. The maximum atomic E-state index is 12.7. The molecular weight excluding hydrogens is 328 g/mol. The monoisotopic (exact) mass is 354 g/mol. The van der Waals surface area contributed by atoms with Crippen molar-refractivity contribution in [3.63, 3.8) is 0 Å². The molecule has 2 rings (SSSR count). The molecule has 134 valence electrons. The molecule has 1 amide bonds. The van der Waals surface area contributed by atoms with Crippen LogP contribution in [0.1, 0.15) is 37.0 Å². The maximum absolute atomic E-state index is 12.7. The van der Waals surface area contributed by atoms with Gasteiger partial charge in [0, 0.05) is 31.7 Å². The lowest BCUT2D eigenvalue weighted by Crippen LogP contribution is -2.40. The number of hydrogen-bond donors (Lipinski definition) is 0. The van der Waals surface area contributed by atoms with Gasteiger partial charge in [0.2, 0.25) is 10.0 Å².